The number of benzene rings is 2. The molecule has 31 heavy (non-hydrogen) atoms. The highest BCUT2D eigenvalue weighted by Crippen LogP contribution is 2.23. The van der Waals surface area contributed by atoms with Gasteiger partial charge >= 0.3 is 0 Å². The number of hydrogen-bond donors (Lipinski definition) is 3. The van der Waals surface area contributed by atoms with E-state index in [1.165, 1.54) is 11.3 Å². The lowest BCUT2D eigenvalue weighted by Gasteiger charge is -2.07. The molecule has 0 atom stereocenters. The van der Waals surface area contributed by atoms with Crippen molar-refractivity contribution in [3.63, 3.8) is 0 Å². The van der Waals surface area contributed by atoms with E-state index in [0.717, 1.165) is 11.0 Å². The third kappa shape index (κ3) is 3.96. The molecule has 5 rings (SSSR count). The van der Waals surface area contributed by atoms with Crippen LogP contribution in [0, 0.1) is 0 Å². The maximum atomic E-state index is 12.6. The number of imidazole rings is 1. The minimum absolute atomic E-state index is 0.172. The Morgan fingerprint density at radius 3 is 2.45 bits per heavy atom. The van der Waals surface area contributed by atoms with Crippen LogP contribution in [-0.2, 0) is 0 Å². The van der Waals surface area contributed by atoms with Crippen molar-refractivity contribution < 1.29 is 14.0 Å². The Labute approximate surface area is 180 Å². The molecule has 0 aliphatic carbocycles. The number of rotatable bonds is 5. The van der Waals surface area contributed by atoms with Crippen LogP contribution in [0.15, 0.2) is 82.8 Å². The minimum atomic E-state index is -0.249. The van der Waals surface area contributed by atoms with Gasteiger partial charge < -0.3 is 20.0 Å². The molecule has 2 amide bonds. The number of furan rings is 1. The summed E-state index contributed by atoms with van der Waals surface area (Å²) < 4.78 is 5.37. The topological polar surface area (TPSA) is 100 Å². The van der Waals surface area contributed by atoms with Crippen LogP contribution >= 0.6 is 11.3 Å². The number of fused-ring (bicyclic) bond motifs is 1. The quantitative estimate of drug-likeness (QED) is 0.349. The molecular formula is C23H16N4O3S. The maximum absolute atomic E-state index is 12.6. The Morgan fingerprint density at radius 1 is 0.903 bits per heavy atom. The molecule has 0 spiro atoms. The summed E-state index contributed by atoms with van der Waals surface area (Å²) >= 11 is 1.37. The van der Waals surface area contributed by atoms with Gasteiger partial charge in [-0.05, 0) is 66.0 Å². The van der Waals surface area contributed by atoms with Crippen molar-refractivity contribution in [3.05, 3.63) is 88.8 Å². The lowest BCUT2D eigenvalue weighted by atomic mass is 10.2. The SMILES string of the molecule is O=C(Nc1ccc2nc(-c3ccco3)[nH]c2c1)c1ccc(NC(=O)c2cccs2)cc1. The molecule has 0 aliphatic rings. The van der Waals surface area contributed by atoms with Crippen molar-refractivity contribution in [1.82, 2.24) is 9.97 Å². The van der Waals surface area contributed by atoms with Gasteiger partial charge in [0.15, 0.2) is 11.6 Å². The van der Waals surface area contributed by atoms with E-state index in [0.29, 0.717) is 33.4 Å². The molecule has 0 aliphatic heterocycles. The Bertz CT molecular complexity index is 1350. The molecule has 7 nitrogen and oxygen atoms in total. The number of nitrogens with one attached hydrogen (secondary N) is 3. The Morgan fingerprint density at radius 2 is 1.71 bits per heavy atom. The summed E-state index contributed by atoms with van der Waals surface area (Å²) in [6, 6.07) is 19.4. The summed E-state index contributed by atoms with van der Waals surface area (Å²) in [5.74, 6) is 0.854. The predicted octanol–water partition coefficient (Wildman–Crippen LogP) is 5.39. The predicted molar refractivity (Wildman–Crippen MR) is 120 cm³/mol. The van der Waals surface area contributed by atoms with Crippen molar-refractivity contribution in [2.75, 3.05) is 10.6 Å². The zero-order chi connectivity index (χ0) is 21.2. The number of aromatic nitrogens is 2. The van der Waals surface area contributed by atoms with E-state index < -0.39 is 0 Å². The van der Waals surface area contributed by atoms with Gasteiger partial charge in [-0.15, -0.1) is 11.3 Å². The largest absolute Gasteiger partial charge is 0.461 e. The summed E-state index contributed by atoms with van der Waals surface area (Å²) in [5.41, 5.74) is 3.31. The molecule has 0 saturated carbocycles. The summed E-state index contributed by atoms with van der Waals surface area (Å²) in [6.45, 7) is 0. The van der Waals surface area contributed by atoms with E-state index in [9.17, 15) is 9.59 Å². The highest BCUT2D eigenvalue weighted by atomic mass is 32.1. The van der Waals surface area contributed by atoms with Gasteiger partial charge in [0, 0.05) is 16.9 Å². The van der Waals surface area contributed by atoms with Crippen LogP contribution in [0.25, 0.3) is 22.6 Å². The Balaban J connectivity index is 1.28. The third-order valence-corrected chi connectivity index (χ3v) is 5.51. The number of hydrogen-bond acceptors (Lipinski definition) is 5. The van der Waals surface area contributed by atoms with Crippen LogP contribution in [0.2, 0.25) is 0 Å². The van der Waals surface area contributed by atoms with Crippen molar-refractivity contribution in [2.45, 2.75) is 0 Å². The summed E-state index contributed by atoms with van der Waals surface area (Å²) in [5, 5.41) is 7.54. The van der Waals surface area contributed by atoms with Crippen LogP contribution in [0.1, 0.15) is 20.0 Å². The van der Waals surface area contributed by atoms with E-state index in [-0.39, 0.29) is 11.8 Å². The molecule has 2 aromatic carbocycles. The van der Waals surface area contributed by atoms with E-state index >= 15 is 0 Å². The first-order chi connectivity index (χ1) is 15.2. The number of carbonyl (C=O) groups excluding carboxylic acids is 2. The number of anilines is 2. The molecule has 0 saturated heterocycles. The smallest absolute Gasteiger partial charge is 0.265 e. The monoisotopic (exact) mass is 428 g/mol. The lowest BCUT2D eigenvalue weighted by molar-refractivity contribution is 0.102. The molecule has 3 aromatic heterocycles. The van der Waals surface area contributed by atoms with Gasteiger partial charge in [-0.3, -0.25) is 9.59 Å². The van der Waals surface area contributed by atoms with Crippen LogP contribution in [0.4, 0.5) is 11.4 Å². The van der Waals surface area contributed by atoms with E-state index in [1.54, 1.807) is 48.7 Å². The molecule has 3 heterocycles. The molecule has 5 aromatic rings. The molecule has 0 radical (unpaired) electrons. The third-order valence-electron chi connectivity index (χ3n) is 4.64. The highest BCUT2D eigenvalue weighted by molar-refractivity contribution is 7.12. The van der Waals surface area contributed by atoms with Gasteiger partial charge in [-0.2, -0.15) is 0 Å². The average molecular weight is 428 g/mol. The number of carbonyl (C=O) groups is 2. The van der Waals surface area contributed by atoms with Crippen LogP contribution < -0.4 is 10.6 Å². The number of H-pyrrole nitrogens is 1. The normalized spacial score (nSPS) is 10.8. The number of thiophene rings is 1. The first-order valence-electron chi connectivity index (χ1n) is 9.46. The van der Waals surface area contributed by atoms with Gasteiger partial charge in [-0.25, -0.2) is 4.98 Å². The van der Waals surface area contributed by atoms with Gasteiger partial charge in [0.05, 0.1) is 22.2 Å². The number of amides is 2. The second-order valence-corrected chi connectivity index (χ2v) is 7.71. The van der Waals surface area contributed by atoms with E-state index in [1.807, 2.05) is 29.6 Å². The molecular weight excluding hydrogens is 412 g/mol. The fourth-order valence-corrected chi connectivity index (χ4v) is 3.74. The van der Waals surface area contributed by atoms with Crippen LogP contribution in [0.3, 0.4) is 0 Å². The molecule has 8 heteroatoms. The molecule has 0 unspecified atom stereocenters. The van der Waals surface area contributed by atoms with Crippen LogP contribution in [0.5, 0.6) is 0 Å². The van der Waals surface area contributed by atoms with E-state index in [4.69, 9.17) is 4.42 Å². The molecule has 0 fully saturated rings. The van der Waals surface area contributed by atoms with Gasteiger partial charge in [0.25, 0.3) is 11.8 Å². The van der Waals surface area contributed by atoms with Gasteiger partial charge in [0.2, 0.25) is 0 Å². The van der Waals surface area contributed by atoms with Gasteiger partial charge in [-0.1, -0.05) is 6.07 Å². The second kappa shape index (κ2) is 7.92. The standard InChI is InChI=1S/C23H16N4O3S/c28-22(14-5-7-15(8-6-14)24-23(29)20-4-2-12-31-20)25-16-9-10-17-18(13-16)27-21(26-17)19-3-1-11-30-19/h1-13H,(H,24,29)(H,25,28)(H,26,27). The first kappa shape index (κ1) is 18.8. The highest BCUT2D eigenvalue weighted by Gasteiger charge is 2.11. The minimum Gasteiger partial charge on any atom is -0.461 e. The second-order valence-electron chi connectivity index (χ2n) is 6.76. The molecule has 0 bridgehead atoms. The Kier molecular flexibility index (Phi) is 4.81. The van der Waals surface area contributed by atoms with Crippen molar-refractivity contribution in [3.8, 4) is 11.6 Å². The molecule has 3 N–H and O–H groups in total. The lowest BCUT2D eigenvalue weighted by Crippen LogP contribution is -2.13. The number of aromatic amines is 1. The summed E-state index contributed by atoms with van der Waals surface area (Å²) in [6.07, 6.45) is 1.59. The summed E-state index contributed by atoms with van der Waals surface area (Å²) in [4.78, 5) is 33.1. The Hall–Kier alpha value is -4.17. The zero-order valence-corrected chi connectivity index (χ0v) is 16.9. The van der Waals surface area contributed by atoms with Gasteiger partial charge in [0.1, 0.15) is 0 Å². The number of nitrogens with zero attached hydrogens (tertiary/aromatic N) is 1. The molecule has 152 valence electrons. The van der Waals surface area contributed by atoms with Crippen molar-refractivity contribution >= 4 is 45.6 Å². The average Bonchev–Trinajstić information content (AvgIpc) is 3.55. The van der Waals surface area contributed by atoms with E-state index in [2.05, 4.69) is 20.6 Å². The maximum Gasteiger partial charge on any atom is 0.265 e. The summed E-state index contributed by atoms with van der Waals surface area (Å²) in [7, 11) is 0. The fourth-order valence-electron chi connectivity index (χ4n) is 3.13. The van der Waals surface area contributed by atoms with Crippen molar-refractivity contribution in [1.29, 1.82) is 0 Å². The van der Waals surface area contributed by atoms with Crippen molar-refractivity contribution in [2.24, 2.45) is 0 Å². The van der Waals surface area contributed by atoms with Crippen LogP contribution in [-0.4, -0.2) is 21.8 Å². The zero-order valence-electron chi connectivity index (χ0n) is 16.1. The first-order valence-corrected chi connectivity index (χ1v) is 10.3. The fraction of sp³-hybridized carbons (Fsp3) is 0.